The van der Waals surface area contributed by atoms with Crippen molar-refractivity contribution in [2.24, 2.45) is 30.6 Å². The van der Waals surface area contributed by atoms with E-state index in [2.05, 4.69) is 30.6 Å². The van der Waals surface area contributed by atoms with Crippen molar-refractivity contribution in [1.82, 2.24) is 0 Å². The SMILES string of the molecule is N=NC\C=N/N=C\C=N/N=C\CN=N. The summed E-state index contributed by atoms with van der Waals surface area (Å²) in [6.07, 6.45) is 5.46. The zero-order chi connectivity index (χ0) is 10.5. The van der Waals surface area contributed by atoms with E-state index in [-0.39, 0.29) is 13.1 Å². The summed E-state index contributed by atoms with van der Waals surface area (Å²) in [4.78, 5) is 0. The lowest BCUT2D eigenvalue weighted by Gasteiger charge is -1.76. The van der Waals surface area contributed by atoms with Crippen molar-refractivity contribution in [2.45, 2.75) is 0 Å². The molecule has 0 spiro atoms. The van der Waals surface area contributed by atoms with E-state index in [1.807, 2.05) is 0 Å². The highest BCUT2D eigenvalue weighted by Gasteiger charge is 1.69. The molecule has 0 aromatic carbocycles. The van der Waals surface area contributed by atoms with Crippen LogP contribution in [0.1, 0.15) is 0 Å². The topological polar surface area (TPSA) is 122 Å². The van der Waals surface area contributed by atoms with Gasteiger partial charge in [-0.15, -0.1) is 0 Å². The van der Waals surface area contributed by atoms with Gasteiger partial charge in [-0.3, -0.25) is 0 Å². The van der Waals surface area contributed by atoms with Gasteiger partial charge in [0.1, 0.15) is 0 Å². The predicted octanol–water partition coefficient (Wildman–Crippen LogP) is 1.16. The second-order valence-electron chi connectivity index (χ2n) is 1.81. The zero-order valence-corrected chi connectivity index (χ0v) is 7.41. The number of nitrogens with one attached hydrogen (secondary N) is 2. The van der Waals surface area contributed by atoms with Crippen LogP contribution in [-0.2, 0) is 0 Å². The minimum atomic E-state index is 0.220. The van der Waals surface area contributed by atoms with E-state index in [4.69, 9.17) is 11.1 Å². The van der Waals surface area contributed by atoms with Crippen molar-refractivity contribution >= 4 is 24.9 Å². The van der Waals surface area contributed by atoms with E-state index in [0.29, 0.717) is 0 Å². The van der Waals surface area contributed by atoms with Crippen LogP contribution in [0.3, 0.4) is 0 Å². The normalized spacial score (nSPS) is 12.3. The van der Waals surface area contributed by atoms with Crippen molar-refractivity contribution in [3.8, 4) is 0 Å². The van der Waals surface area contributed by atoms with Crippen molar-refractivity contribution in [3.05, 3.63) is 0 Å². The van der Waals surface area contributed by atoms with Gasteiger partial charge in [0, 0.05) is 0 Å². The van der Waals surface area contributed by atoms with Crippen molar-refractivity contribution in [2.75, 3.05) is 13.1 Å². The third-order valence-electron chi connectivity index (χ3n) is 0.843. The summed E-state index contributed by atoms with van der Waals surface area (Å²) >= 11 is 0. The van der Waals surface area contributed by atoms with Crippen LogP contribution in [0.5, 0.6) is 0 Å². The van der Waals surface area contributed by atoms with E-state index in [1.165, 1.54) is 24.9 Å². The third kappa shape index (κ3) is 9.88. The Balaban J connectivity index is 3.59. The molecule has 0 aromatic rings. The number of hydrogen-bond donors (Lipinski definition) is 2. The van der Waals surface area contributed by atoms with E-state index >= 15 is 0 Å². The Kier molecular flexibility index (Phi) is 9.23. The highest BCUT2D eigenvalue weighted by molar-refractivity contribution is 6.15. The molecule has 8 nitrogen and oxygen atoms in total. The van der Waals surface area contributed by atoms with Gasteiger partial charge in [0.05, 0.1) is 37.9 Å². The lowest BCUT2D eigenvalue weighted by molar-refractivity contribution is 1.03. The first-order valence-corrected chi connectivity index (χ1v) is 3.66. The van der Waals surface area contributed by atoms with Crippen LogP contribution in [0.4, 0.5) is 0 Å². The average molecular weight is 194 g/mol. The quantitative estimate of drug-likeness (QED) is 0.343. The first-order chi connectivity index (χ1) is 6.91. The molecular formula is C6H10N8. The predicted molar refractivity (Wildman–Crippen MR) is 54.0 cm³/mol. The minimum Gasteiger partial charge on any atom is -0.209 e. The van der Waals surface area contributed by atoms with Crippen LogP contribution in [0.2, 0.25) is 0 Å². The molecule has 0 aromatic heterocycles. The Labute approximate surface area is 80.6 Å². The highest BCUT2D eigenvalue weighted by atomic mass is 15.2. The van der Waals surface area contributed by atoms with Crippen LogP contribution in [-0.4, -0.2) is 37.9 Å². The maximum absolute atomic E-state index is 6.43. The first kappa shape index (κ1) is 11.9. The summed E-state index contributed by atoms with van der Waals surface area (Å²) in [5, 5.41) is 20.2. The average Bonchev–Trinajstić information content (AvgIpc) is 2.21. The standard InChI is InChI=1S/C6H10N8/c7-9-1-3-11-13-5-6-14-12-4-2-10-8/h3-8H,1-2H2/b9-7?,10-8?,11-3-,12-4-,13-5-,14-6-. The number of nitrogens with zero attached hydrogens (tertiary/aromatic N) is 6. The maximum Gasteiger partial charge on any atom is 0.0967 e. The van der Waals surface area contributed by atoms with Crippen LogP contribution in [0.25, 0.3) is 0 Å². The molecule has 0 rings (SSSR count). The van der Waals surface area contributed by atoms with E-state index < -0.39 is 0 Å². The molecule has 2 N–H and O–H groups in total. The Bertz CT molecular complexity index is 235. The molecule has 0 aliphatic rings. The maximum atomic E-state index is 6.43. The van der Waals surface area contributed by atoms with Crippen molar-refractivity contribution in [1.29, 1.82) is 11.1 Å². The van der Waals surface area contributed by atoms with Gasteiger partial charge in [-0.05, 0) is 0 Å². The van der Waals surface area contributed by atoms with E-state index in [9.17, 15) is 0 Å². The van der Waals surface area contributed by atoms with Crippen LogP contribution >= 0.6 is 0 Å². The van der Waals surface area contributed by atoms with Crippen molar-refractivity contribution in [3.63, 3.8) is 0 Å². The molecule has 0 amide bonds. The molecule has 74 valence electrons. The Morgan fingerprint density at radius 1 is 0.714 bits per heavy atom. The Hall–Kier alpha value is -2.12. The molecule has 0 aliphatic carbocycles. The smallest absolute Gasteiger partial charge is 0.0967 e. The fourth-order valence-corrected chi connectivity index (χ4v) is 0.386. The van der Waals surface area contributed by atoms with E-state index in [0.717, 1.165) is 0 Å². The summed E-state index contributed by atoms with van der Waals surface area (Å²) in [5.74, 6) is 0. The highest BCUT2D eigenvalue weighted by Crippen LogP contribution is 1.70. The fraction of sp³-hybridized carbons (Fsp3) is 0.333. The largest absolute Gasteiger partial charge is 0.209 e. The Morgan fingerprint density at radius 2 is 1.14 bits per heavy atom. The molecule has 14 heavy (non-hydrogen) atoms. The second-order valence-corrected chi connectivity index (χ2v) is 1.81. The lowest BCUT2D eigenvalue weighted by Crippen LogP contribution is -1.79. The lowest BCUT2D eigenvalue weighted by atomic mass is 10.7. The van der Waals surface area contributed by atoms with Gasteiger partial charge >= 0.3 is 0 Å². The summed E-state index contributed by atoms with van der Waals surface area (Å²) in [6, 6.07) is 0. The first-order valence-electron chi connectivity index (χ1n) is 3.66. The molecule has 0 unspecified atom stereocenters. The van der Waals surface area contributed by atoms with Gasteiger partial charge in [0.2, 0.25) is 0 Å². The van der Waals surface area contributed by atoms with Gasteiger partial charge in [-0.25, -0.2) is 11.1 Å². The van der Waals surface area contributed by atoms with Crippen LogP contribution in [0, 0.1) is 11.1 Å². The number of rotatable bonds is 7. The fourth-order valence-electron chi connectivity index (χ4n) is 0.386. The summed E-state index contributed by atoms with van der Waals surface area (Å²) in [5.41, 5.74) is 12.9. The van der Waals surface area contributed by atoms with Crippen LogP contribution in [0.15, 0.2) is 30.6 Å². The molecule has 0 atom stereocenters. The molecule has 0 heterocycles. The minimum absolute atomic E-state index is 0.220. The summed E-state index contributed by atoms with van der Waals surface area (Å²) in [6.45, 7) is 0.440. The molecule has 0 radical (unpaired) electrons. The van der Waals surface area contributed by atoms with Crippen molar-refractivity contribution < 1.29 is 0 Å². The Morgan fingerprint density at radius 3 is 1.50 bits per heavy atom. The molecular weight excluding hydrogens is 184 g/mol. The monoisotopic (exact) mass is 194 g/mol. The van der Waals surface area contributed by atoms with Gasteiger partial charge in [0.25, 0.3) is 0 Å². The summed E-state index contributed by atoms with van der Waals surface area (Å²) < 4.78 is 0. The molecule has 0 saturated heterocycles. The van der Waals surface area contributed by atoms with Gasteiger partial charge in [0.15, 0.2) is 0 Å². The molecule has 0 bridgehead atoms. The molecule has 0 saturated carbocycles. The van der Waals surface area contributed by atoms with Crippen LogP contribution < -0.4 is 0 Å². The molecule has 8 heteroatoms. The second kappa shape index (κ2) is 10.9. The third-order valence-corrected chi connectivity index (χ3v) is 0.843. The zero-order valence-electron chi connectivity index (χ0n) is 7.41. The van der Waals surface area contributed by atoms with Gasteiger partial charge in [-0.2, -0.15) is 30.6 Å². The molecule has 0 fully saturated rings. The van der Waals surface area contributed by atoms with Gasteiger partial charge in [-0.1, -0.05) is 0 Å². The summed E-state index contributed by atoms with van der Waals surface area (Å²) in [7, 11) is 0. The number of hydrogen-bond acceptors (Lipinski definition) is 8. The molecule has 0 aliphatic heterocycles. The van der Waals surface area contributed by atoms with E-state index in [1.54, 1.807) is 0 Å². The van der Waals surface area contributed by atoms with Gasteiger partial charge < -0.3 is 0 Å².